The lowest BCUT2D eigenvalue weighted by Gasteiger charge is -2.30. The van der Waals surface area contributed by atoms with E-state index in [1.165, 1.54) is 0 Å². The fourth-order valence-corrected chi connectivity index (χ4v) is 3.86. The van der Waals surface area contributed by atoms with E-state index in [9.17, 15) is 4.79 Å². The summed E-state index contributed by atoms with van der Waals surface area (Å²) in [6.07, 6.45) is 1.90. The van der Waals surface area contributed by atoms with E-state index in [2.05, 4.69) is 52.2 Å². The number of amides is 1. The van der Waals surface area contributed by atoms with Crippen molar-refractivity contribution in [3.63, 3.8) is 0 Å². The van der Waals surface area contributed by atoms with Crippen molar-refractivity contribution in [3.05, 3.63) is 35.5 Å². The minimum Gasteiger partial charge on any atom is -0.334 e. The molecule has 4 heteroatoms. The number of hydrogen-bond acceptors (Lipinski definition) is 2. The maximum Gasteiger partial charge on any atom is 0.279 e. The summed E-state index contributed by atoms with van der Waals surface area (Å²) in [7, 11) is 0. The SMILES string of the molecule is CCc1nc2ccccc2c(NC(=O)C[NH2+]C(C)(C)CC(C)(C)C)c1C. The smallest absolute Gasteiger partial charge is 0.279 e. The molecular weight excluding hydrogens is 322 g/mol. The van der Waals surface area contributed by atoms with Gasteiger partial charge in [-0.25, -0.2) is 0 Å². The summed E-state index contributed by atoms with van der Waals surface area (Å²) in [5.41, 5.74) is 4.20. The first-order valence-electron chi connectivity index (χ1n) is 9.55. The molecule has 0 aliphatic heterocycles. The molecule has 0 bridgehead atoms. The summed E-state index contributed by atoms with van der Waals surface area (Å²) >= 11 is 0. The van der Waals surface area contributed by atoms with Crippen LogP contribution in [0.25, 0.3) is 10.9 Å². The van der Waals surface area contributed by atoms with Crippen molar-refractivity contribution in [2.45, 2.75) is 66.8 Å². The van der Waals surface area contributed by atoms with Gasteiger partial charge in [-0.2, -0.15) is 0 Å². The number of para-hydroxylation sites is 1. The minimum atomic E-state index is 0.0273. The normalized spacial score (nSPS) is 12.4. The Morgan fingerprint density at radius 2 is 1.81 bits per heavy atom. The van der Waals surface area contributed by atoms with Gasteiger partial charge in [-0.3, -0.25) is 9.78 Å². The van der Waals surface area contributed by atoms with Gasteiger partial charge in [-0.05, 0) is 44.2 Å². The third kappa shape index (κ3) is 5.28. The highest BCUT2D eigenvalue weighted by Crippen LogP contribution is 2.28. The summed E-state index contributed by atoms with van der Waals surface area (Å²) < 4.78 is 0. The highest BCUT2D eigenvalue weighted by atomic mass is 16.1. The molecule has 1 aromatic carbocycles. The fraction of sp³-hybridized carbons (Fsp3) is 0.545. The molecule has 2 rings (SSSR count). The number of aryl methyl sites for hydroxylation is 1. The Hall–Kier alpha value is -1.94. The van der Waals surface area contributed by atoms with Gasteiger partial charge in [0.15, 0.2) is 6.54 Å². The van der Waals surface area contributed by atoms with Crippen molar-refractivity contribution in [3.8, 4) is 0 Å². The molecule has 0 saturated heterocycles. The number of nitrogens with zero attached hydrogens (tertiary/aromatic N) is 1. The number of nitrogens with two attached hydrogens (primary N) is 1. The molecule has 0 saturated carbocycles. The van der Waals surface area contributed by atoms with Crippen LogP contribution >= 0.6 is 0 Å². The molecule has 1 heterocycles. The Kier molecular flexibility index (Phi) is 6.07. The van der Waals surface area contributed by atoms with E-state index in [1.807, 2.05) is 31.2 Å². The number of pyridine rings is 1. The molecule has 1 aromatic heterocycles. The maximum atomic E-state index is 12.7. The number of fused-ring (bicyclic) bond motifs is 1. The van der Waals surface area contributed by atoms with Crippen LogP contribution in [0.15, 0.2) is 24.3 Å². The highest BCUT2D eigenvalue weighted by Gasteiger charge is 2.29. The zero-order valence-corrected chi connectivity index (χ0v) is 17.4. The molecule has 1 amide bonds. The molecule has 4 nitrogen and oxygen atoms in total. The van der Waals surface area contributed by atoms with Crippen molar-refractivity contribution in [2.75, 3.05) is 11.9 Å². The summed E-state index contributed by atoms with van der Waals surface area (Å²) in [5.74, 6) is 0.0356. The summed E-state index contributed by atoms with van der Waals surface area (Å²) in [5, 5.41) is 6.30. The van der Waals surface area contributed by atoms with E-state index in [1.54, 1.807) is 0 Å². The number of carbonyl (C=O) groups excluding carboxylic acids is 1. The van der Waals surface area contributed by atoms with Crippen LogP contribution in [0.4, 0.5) is 5.69 Å². The molecule has 2 aromatic rings. The van der Waals surface area contributed by atoms with Gasteiger partial charge >= 0.3 is 0 Å². The van der Waals surface area contributed by atoms with Crippen LogP contribution in [-0.2, 0) is 11.2 Å². The average molecular weight is 357 g/mol. The highest BCUT2D eigenvalue weighted by molar-refractivity contribution is 6.02. The Bertz CT molecular complexity index is 788. The third-order valence-electron chi connectivity index (χ3n) is 4.66. The predicted molar refractivity (Wildman–Crippen MR) is 109 cm³/mol. The van der Waals surface area contributed by atoms with Gasteiger partial charge in [0, 0.05) is 17.5 Å². The van der Waals surface area contributed by atoms with E-state index in [4.69, 9.17) is 4.98 Å². The van der Waals surface area contributed by atoms with Gasteiger partial charge < -0.3 is 10.6 Å². The van der Waals surface area contributed by atoms with Crippen LogP contribution in [-0.4, -0.2) is 23.0 Å². The maximum absolute atomic E-state index is 12.7. The van der Waals surface area contributed by atoms with Crippen molar-refractivity contribution >= 4 is 22.5 Å². The van der Waals surface area contributed by atoms with Crippen molar-refractivity contribution in [2.24, 2.45) is 5.41 Å². The molecule has 142 valence electrons. The molecule has 0 unspecified atom stereocenters. The Morgan fingerprint density at radius 3 is 2.42 bits per heavy atom. The lowest BCUT2D eigenvalue weighted by atomic mass is 9.82. The van der Waals surface area contributed by atoms with E-state index in [-0.39, 0.29) is 16.9 Å². The first-order chi connectivity index (χ1) is 12.0. The molecule has 26 heavy (non-hydrogen) atoms. The molecule has 0 spiro atoms. The lowest BCUT2D eigenvalue weighted by molar-refractivity contribution is -0.713. The standard InChI is InChI=1S/C22H33N3O/c1-8-17-15(2)20(16-11-9-10-12-18(16)24-17)25-19(26)13-23-22(6,7)14-21(3,4)5/h9-12,23H,8,13-14H2,1-7H3,(H,24,25,26)/p+1. The Labute approximate surface area is 157 Å². The zero-order valence-electron chi connectivity index (χ0n) is 17.4. The van der Waals surface area contributed by atoms with Gasteiger partial charge in [0.25, 0.3) is 5.91 Å². The topological polar surface area (TPSA) is 58.6 Å². The number of quaternary nitrogens is 1. The van der Waals surface area contributed by atoms with Crippen LogP contribution in [0.2, 0.25) is 0 Å². The fourth-order valence-electron chi connectivity index (χ4n) is 3.86. The number of nitrogens with one attached hydrogen (secondary N) is 1. The largest absolute Gasteiger partial charge is 0.334 e. The summed E-state index contributed by atoms with van der Waals surface area (Å²) in [6.45, 7) is 15.7. The average Bonchev–Trinajstić information content (AvgIpc) is 2.53. The van der Waals surface area contributed by atoms with E-state index >= 15 is 0 Å². The van der Waals surface area contributed by atoms with Gasteiger partial charge in [0.2, 0.25) is 0 Å². The van der Waals surface area contributed by atoms with Gasteiger partial charge in [0.1, 0.15) is 0 Å². The minimum absolute atomic E-state index is 0.0273. The number of hydrogen-bond donors (Lipinski definition) is 2. The molecular formula is C22H34N3O+. The second kappa shape index (κ2) is 7.75. The van der Waals surface area contributed by atoms with Gasteiger partial charge in [-0.1, -0.05) is 45.9 Å². The van der Waals surface area contributed by atoms with Crippen LogP contribution in [0.1, 0.15) is 59.2 Å². The van der Waals surface area contributed by atoms with Crippen LogP contribution in [0, 0.1) is 12.3 Å². The van der Waals surface area contributed by atoms with Crippen molar-refractivity contribution in [1.82, 2.24) is 4.98 Å². The zero-order chi connectivity index (χ0) is 19.5. The van der Waals surface area contributed by atoms with Gasteiger partial charge in [-0.15, -0.1) is 0 Å². The van der Waals surface area contributed by atoms with Crippen LogP contribution < -0.4 is 10.6 Å². The lowest BCUT2D eigenvalue weighted by Crippen LogP contribution is -2.97. The second-order valence-electron chi connectivity index (χ2n) is 9.11. The van der Waals surface area contributed by atoms with Crippen molar-refractivity contribution in [1.29, 1.82) is 0 Å². The third-order valence-corrected chi connectivity index (χ3v) is 4.66. The molecule has 0 aliphatic rings. The molecule has 0 atom stereocenters. The Morgan fingerprint density at radius 1 is 1.15 bits per heavy atom. The molecule has 0 aliphatic carbocycles. The number of benzene rings is 1. The van der Waals surface area contributed by atoms with Gasteiger partial charge in [0.05, 0.1) is 16.7 Å². The number of aromatic nitrogens is 1. The number of anilines is 1. The Balaban J connectivity index is 2.18. The van der Waals surface area contributed by atoms with E-state index in [0.29, 0.717) is 6.54 Å². The first-order valence-corrected chi connectivity index (χ1v) is 9.55. The van der Waals surface area contributed by atoms with E-state index < -0.39 is 0 Å². The van der Waals surface area contributed by atoms with Crippen LogP contribution in [0.3, 0.4) is 0 Å². The van der Waals surface area contributed by atoms with Crippen LogP contribution in [0.5, 0.6) is 0 Å². The number of carbonyl (C=O) groups is 1. The number of rotatable bonds is 6. The van der Waals surface area contributed by atoms with Crippen molar-refractivity contribution < 1.29 is 10.1 Å². The summed E-state index contributed by atoms with van der Waals surface area (Å²) in [6, 6.07) is 8.00. The first kappa shape index (κ1) is 20.4. The second-order valence-corrected chi connectivity index (χ2v) is 9.11. The van der Waals surface area contributed by atoms with E-state index in [0.717, 1.165) is 40.7 Å². The quantitative estimate of drug-likeness (QED) is 0.826. The summed E-state index contributed by atoms with van der Waals surface area (Å²) in [4.78, 5) is 17.4. The molecule has 0 radical (unpaired) electrons. The molecule has 0 fully saturated rings. The monoisotopic (exact) mass is 356 g/mol. The molecule has 3 N–H and O–H groups in total. The predicted octanol–water partition coefficient (Wildman–Crippen LogP) is 3.82.